The summed E-state index contributed by atoms with van der Waals surface area (Å²) in [6.45, 7) is 0. The molecule has 0 atom stereocenters. The third kappa shape index (κ3) is 2.50. The van der Waals surface area contributed by atoms with Crippen LogP contribution in [0.4, 0.5) is 0 Å². The highest BCUT2D eigenvalue weighted by atomic mass is 35.5. The second kappa shape index (κ2) is 5.30. The zero-order chi connectivity index (χ0) is 15.0. The van der Waals surface area contributed by atoms with E-state index in [1.165, 1.54) is 18.3 Å². The lowest BCUT2D eigenvalue weighted by Crippen LogP contribution is -2.03. The Bertz CT molecular complexity index is 925. The predicted molar refractivity (Wildman–Crippen MR) is 83.7 cm³/mol. The van der Waals surface area contributed by atoms with Gasteiger partial charge >= 0.3 is 0 Å². The first-order valence-electron chi connectivity index (χ1n) is 6.04. The van der Waals surface area contributed by atoms with Crippen LogP contribution >= 0.6 is 23.2 Å². The van der Waals surface area contributed by atoms with Gasteiger partial charge in [-0.2, -0.15) is 0 Å². The molecule has 0 spiro atoms. The molecule has 0 saturated carbocycles. The molecule has 0 aliphatic heterocycles. The summed E-state index contributed by atoms with van der Waals surface area (Å²) >= 11 is 12.2. The minimum absolute atomic E-state index is 0.00908. The second-order valence-electron chi connectivity index (χ2n) is 4.41. The molecule has 0 aliphatic rings. The van der Waals surface area contributed by atoms with E-state index in [2.05, 4.69) is 4.98 Å². The van der Waals surface area contributed by atoms with Crippen molar-refractivity contribution in [2.75, 3.05) is 0 Å². The van der Waals surface area contributed by atoms with E-state index in [1.54, 1.807) is 36.4 Å². The summed E-state index contributed by atoms with van der Waals surface area (Å²) < 4.78 is 25.2. The van der Waals surface area contributed by atoms with Crippen LogP contribution in [0, 0.1) is 0 Å². The molecule has 0 amide bonds. The smallest absolute Gasteiger partial charge is 0.209 e. The topological polar surface area (TPSA) is 47.0 Å². The summed E-state index contributed by atoms with van der Waals surface area (Å²) in [5, 5.41) is 1.23. The van der Waals surface area contributed by atoms with Crippen LogP contribution in [0.2, 0.25) is 10.0 Å². The standard InChI is InChI=1S/C15H9Cl2NO2S/c16-10-6-7-12-13(8-10)18-9-14(15(12)17)21(19,20)11-4-2-1-3-5-11/h1-9H. The van der Waals surface area contributed by atoms with Gasteiger partial charge in [-0.05, 0) is 30.3 Å². The Hall–Kier alpha value is -1.62. The van der Waals surface area contributed by atoms with Gasteiger partial charge in [0.1, 0.15) is 4.90 Å². The minimum Gasteiger partial charge on any atom is -0.255 e. The van der Waals surface area contributed by atoms with Gasteiger partial charge in [-0.25, -0.2) is 8.42 Å². The molecule has 0 unspecified atom stereocenters. The van der Waals surface area contributed by atoms with E-state index in [4.69, 9.17) is 23.2 Å². The lowest BCUT2D eigenvalue weighted by atomic mass is 10.2. The van der Waals surface area contributed by atoms with E-state index < -0.39 is 9.84 Å². The average Bonchev–Trinajstić information content (AvgIpc) is 2.48. The maximum Gasteiger partial charge on any atom is 0.209 e. The summed E-state index contributed by atoms with van der Waals surface area (Å²) in [5.41, 5.74) is 0.555. The third-order valence-electron chi connectivity index (χ3n) is 3.08. The number of aromatic nitrogens is 1. The Morgan fingerprint density at radius 1 is 0.952 bits per heavy atom. The van der Waals surface area contributed by atoms with E-state index in [0.29, 0.717) is 15.9 Å². The van der Waals surface area contributed by atoms with Crippen LogP contribution in [-0.2, 0) is 9.84 Å². The Labute approximate surface area is 132 Å². The fraction of sp³-hybridized carbons (Fsp3) is 0. The van der Waals surface area contributed by atoms with Gasteiger partial charge in [0.2, 0.25) is 9.84 Å². The molecule has 1 aromatic heterocycles. The van der Waals surface area contributed by atoms with Crippen LogP contribution in [0.15, 0.2) is 64.5 Å². The van der Waals surface area contributed by atoms with Crippen molar-refractivity contribution in [3.63, 3.8) is 0 Å². The molecule has 3 nitrogen and oxygen atoms in total. The summed E-state index contributed by atoms with van der Waals surface area (Å²) in [4.78, 5) is 4.32. The molecule has 6 heteroatoms. The molecule has 0 saturated heterocycles. The molecule has 0 bridgehead atoms. The molecule has 3 aromatic rings. The Morgan fingerprint density at radius 2 is 1.67 bits per heavy atom. The zero-order valence-electron chi connectivity index (χ0n) is 10.6. The van der Waals surface area contributed by atoms with Crippen LogP contribution in [0.5, 0.6) is 0 Å². The highest BCUT2D eigenvalue weighted by molar-refractivity contribution is 7.91. The molecule has 106 valence electrons. The monoisotopic (exact) mass is 337 g/mol. The van der Waals surface area contributed by atoms with Gasteiger partial charge < -0.3 is 0 Å². The summed E-state index contributed by atoms with van der Waals surface area (Å²) in [6, 6.07) is 13.1. The maximum atomic E-state index is 12.6. The number of halogens is 2. The average molecular weight is 338 g/mol. The van der Waals surface area contributed by atoms with E-state index >= 15 is 0 Å². The van der Waals surface area contributed by atoms with E-state index in [-0.39, 0.29) is 14.8 Å². The van der Waals surface area contributed by atoms with Crippen LogP contribution in [-0.4, -0.2) is 13.4 Å². The summed E-state index contributed by atoms with van der Waals surface area (Å²) in [6.07, 6.45) is 1.27. The van der Waals surface area contributed by atoms with Gasteiger partial charge in [0, 0.05) is 16.6 Å². The largest absolute Gasteiger partial charge is 0.255 e. The first-order chi connectivity index (χ1) is 10.00. The number of hydrogen-bond acceptors (Lipinski definition) is 3. The molecule has 21 heavy (non-hydrogen) atoms. The van der Waals surface area contributed by atoms with Crippen molar-refractivity contribution >= 4 is 43.9 Å². The molecule has 3 rings (SSSR count). The van der Waals surface area contributed by atoms with Crippen LogP contribution in [0.3, 0.4) is 0 Å². The lowest BCUT2D eigenvalue weighted by molar-refractivity contribution is 0.596. The van der Waals surface area contributed by atoms with E-state index in [0.717, 1.165) is 0 Å². The van der Waals surface area contributed by atoms with Gasteiger partial charge in [0.25, 0.3) is 0 Å². The van der Waals surface area contributed by atoms with Gasteiger partial charge in [0.15, 0.2) is 0 Å². The Morgan fingerprint density at radius 3 is 2.38 bits per heavy atom. The molecule has 2 aromatic carbocycles. The first-order valence-corrected chi connectivity index (χ1v) is 8.28. The fourth-order valence-electron chi connectivity index (χ4n) is 2.03. The minimum atomic E-state index is -3.70. The van der Waals surface area contributed by atoms with Crippen molar-refractivity contribution in [1.29, 1.82) is 0 Å². The van der Waals surface area contributed by atoms with Crippen LogP contribution < -0.4 is 0 Å². The molecule has 0 N–H and O–H groups in total. The molecular formula is C15H9Cl2NO2S. The van der Waals surface area contributed by atoms with Gasteiger partial charge in [0.05, 0.1) is 15.4 Å². The number of hydrogen-bond donors (Lipinski definition) is 0. The first kappa shape index (κ1) is 14.3. The number of pyridine rings is 1. The van der Waals surface area contributed by atoms with E-state index in [1.807, 2.05) is 0 Å². The molecule has 1 heterocycles. The highest BCUT2D eigenvalue weighted by Gasteiger charge is 2.22. The van der Waals surface area contributed by atoms with Crippen LogP contribution in [0.25, 0.3) is 10.9 Å². The quantitative estimate of drug-likeness (QED) is 0.697. The lowest BCUT2D eigenvalue weighted by Gasteiger charge is -2.08. The Kier molecular flexibility index (Phi) is 3.61. The van der Waals surface area contributed by atoms with Crippen molar-refractivity contribution in [3.8, 4) is 0 Å². The molecular weight excluding hydrogens is 329 g/mol. The normalized spacial score (nSPS) is 11.7. The predicted octanol–water partition coefficient (Wildman–Crippen LogP) is 4.37. The molecule has 0 aliphatic carbocycles. The Balaban J connectivity index is 2.27. The number of fused-ring (bicyclic) bond motifs is 1. The second-order valence-corrected chi connectivity index (χ2v) is 7.15. The summed E-state index contributed by atoms with van der Waals surface area (Å²) in [7, 11) is -3.70. The van der Waals surface area contributed by atoms with E-state index in [9.17, 15) is 8.42 Å². The maximum absolute atomic E-state index is 12.6. The SMILES string of the molecule is O=S(=O)(c1ccccc1)c1cnc2cc(Cl)ccc2c1Cl. The number of sulfone groups is 1. The molecule has 0 radical (unpaired) electrons. The van der Waals surface area contributed by atoms with Crippen molar-refractivity contribution in [1.82, 2.24) is 4.98 Å². The number of rotatable bonds is 2. The zero-order valence-corrected chi connectivity index (χ0v) is 13.0. The third-order valence-corrected chi connectivity index (χ3v) is 5.61. The molecule has 0 fully saturated rings. The van der Waals surface area contributed by atoms with Crippen molar-refractivity contribution < 1.29 is 8.42 Å². The summed E-state index contributed by atoms with van der Waals surface area (Å²) in [5.74, 6) is 0. The van der Waals surface area contributed by atoms with Crippen molar-refractivity contribution in [2.45, 2.75) is 9.79 Å². The van der Waals surface area contributed by atoms with Gasteiger partial charge in [-0.3, -0.25) is 4.98 Å². The number of benzene rings is 2. The fourth-order valence-corrected chi connectivity index (χ4v) is 4.02. The van der Waals surface area contributed by atoms with Gasteiger partial charge in [-0.15, -0.1) is 0 Å². The number of nitrogens with zero attached hydrogens (tertiary/aromatic N) is 1. The van der Waals surface area contributed by atoms with Crippen LogP contribution in [0.1, 0.15) is 0 Å². The van der Waals surface area contributed by atoms with Crippen molar-refractivity contribution in [3.05, 3.63) is 64.8 Å². The highest BCUT2D eigenvalue weighted by Crippen LogP contribution is 2.33. The van der Waals surface area contributed by atoms with Crippen molar-refractivity contribution in [2.24, 2.45) is 0 Å². The van der Waals surface area contributed by atoms with Gasteiger partial charge in [-0.1, -0.05) is 41.4 Å².